The third kappa shape index (κ3) is 18.9. The molecular weight excluding hydrogens is 260 g/mol. The summed E-state index contributed by atoms with van der Waals surface area (Å²) in [6, 6.07) is 0. The SMILES string of the molecule is C=C/C=C\CCCCCCCCCCCCCOC(C)=O. The molecular formula is C19H34O2. The molecule has 0 aliphatic rings. The largest absolute Gasteiger partial charge is 0.466 e. The fourth-order valence-electron chi connectivity index (χ4n) is 2.36. The Morgan fingerprint density at radius 2 is 1.33 bits per heavy atom. The van der Waals surface area contributed by atoms with E-state index in [1.165, 1.54) is 77.6 Å². The van der Waals surface area contributed by atoms with Gasteiger partial charge in [0.1, 0.15) is 0 Å². The van der Waals surface area contributed by atoms with Gasteiger partial charge in [-0.1, -0.05) is 82.6 Å². The fourth-order valence-corrected chi connectivity index (χ4v) is 2.36. The van der Waals surface area contributed by atoms with E-state index in [-0.39, 0.29) is 5.97 Å². The quantitative estimate of drug-likeness (QED) is 0.211. The van der Waals surface area contributed by atoms with E-state index in [1.807, 2.05) is 12.2 Å². The van der Waals surface area contributed by atoms with Crippen molar-refractivity contribution in [2.75, 3.05) is 6.61 Å². The van der Waals surface area contributed by atoms with Crippen LogP contribution in [-0.4, -0.2) is 12.6 Å². The number of ether oxygens (including phenoxy) is 1. The van der Waals surface area contributed by atoms with Gasteiger partial charge in [-0.15, -0.1) is 0 Å². The van der Waals surface area contributed by atoms with Crippen LogP contribution in [0.25, 0.3) is 0 Å². The van der Waals surface area contributed by atoms with Crippen LogP contribution in [-0.2, 0) is 9.53 Å². The molecule has 0 heterocycles. The Morgan fingerprint density at radius 3 is 1.81 bits per heavy atom. The first-order valence-corrected chi connectivity index (χ1v) is 8.68. The molecule has 0 radical (unpaired) electrons. The molecule has 0 atom stereocenters. The summed E-state index contributed by atoms with van der Waals surface area (Å²) < 4.78 is 4.91. The molecule has 0 amide bonds. The zero-order chi connectivity index (χ0) is 15.6. The molecule has 0 N–H and O–H groups in total. The van der Waals surface area contributed by atoms with Crippen molar-refractivity contribution in [1.29, 1.82) is 0 Å². The van der Waals surface area contributed by atoms with Gasteiger partial charge in [0.15, 0.2) is 0 Å². The van der Waals surface area contributed by atoms with Gasteiger partial charge in [0.05, 0.1) is 6.61 Å². The van der Waals surface area contributed by atoms with E-state index in [2.05, 4.69) is 12.7 Å². The topological polar surface area (TPSA) is 26.3 Å². The van der Waals surface area contributed by atoms with E-state index < -0.39 is 0 Å². The summed E-state index contributed by atoms with van der Waals surface area (Å²) in [7, 11) is 0. The first-order valence-electron chi connectivity index (χ1n) is 8.68. The zero-order valence-corrected chi connectivity index (χ0v) is 13.9. The Morgan fingerprint density at radius 1 is 0.857 bits per heavy atom. The van der Waals surface area contributed by atoms with Gasteiger partial charge in [-0.05, 0) is 19.3 Å². The highest BCUT2D eigenvalue weighted by molar-refractivity contribution is 5.65. The number of hydrogen-bond donors (Lipinski definition) is 0. The van der Waals surface area contributed by atoms with Crippen molar-refractivity contribution >= 4 is 5.97 Å². The standard InChI is InChI=1S/C19H34O2/c1-3-4-5-6-7-8-9-10-11-12-13-14-15-16-17-18-21-19(2)20/h3-5H,1,6-18H2,2H3/b5-4-. The van der Waals surface area contributed by atoms with E-state index in [4.69, 9.17) is 4.74 Å². The molecule has 0 aliphatic carbocycles. The number of esters is 1. The Labute approximate surface area is 131 Å². The van der Waals surface area contributed by atoms with Gasteiger partial charge in [0.2, 0.25) is 0 Å². The maximum absolute atomic E-state index is 10.6. The van der Waals surface area contributed by atoms with Gasteiger partial charge in [0.25, 0.3) is 0 Å². The third-order valence-electron chi connectivity index (χ3n) is 3.59. The Kier molecular flexibility index (Phi) is 16.2. The molecule has 0 aromatic carbocycles. The molecule has 0 aromatic heterocycles. The van der Waals surface area contributed by atoms with Crippen LogP contribution in [0.2, 0.25) is 0 Å². The van der Waals surface area contributed by atoms with Crippen molar-refractivity contribution in [1.82, 2.24) is 0 Å². The smallest absolute Gasteiger partial charge is 0.302 e. The number of unbranched alkanes of at least 4 members (excludes halogenated alkanes) is 11. The normalized spacial score (nSPS) is 10.9. The number of rotatable bonds is 15. The second kappa shape index (κ2) is 17.0. The third-order valence-corrected chi connectivity index (χ3v) is 3.59. The molecule has 21 heavy (non-hydrogen) atoms. The van der Waals surface area contributed by atoms with E-state index in [9.17, 15) is 4.79 Å². The van der Waals surface area contributed by atoms with Crippen molar-refractivity contribution in [2.24, 2.45) is 0 Å². The minimum atomic E-state index is -0.160. The lowest BCUT2D eigenvalue weighted by molar-refractivity contribution is -0.141. The van der Waals surface area contributed by atoms with Crippen molar-refractivity contribution in [3.8, 4) is 0 Å². The van der Waals surface area contributed by atoms with Crippen molar-refractivity contribution in [3.05, 3.63) is 24.8 Å². The molecule has 0 bridgehead atoms. The van der Waals surface area contributed by atoms with Gasteiger partial charge < -0.3 is 4.74 Å². The molecule has 122 valence electrons. The molecule has 0 spiro atoms. The summed E-state index contributed by atoms with van der Waals surface area (Å²) >= 11 is 0. The number of carbonyl (C=O) groups excluding carboxylic acids is 1. The second-order valence-electron chi connectivity index (χ2n) is 5.68. The minimum absolute atomic E-state index is 0.160. The van der Waals surface area contributed by atoms with Gasteiger partial charge in [-0.2, -0.15) is 0 Å². The fraction of sp³-hybridized carbons (Fsp3) is 0.737. The minimum Gasteiger partial charge on any atom is -0.466 e. The Bertz CT molecular complexity index is 269. The first kappa shape index (κ1) is 19.9. The monoisotopic (exact) mass is 294 g/mol. The summed E-state index contributed by atoms with van der Waals surface area (Å²) in [6.07, 6.45) is 21.6. The lowest BCUT2D eigenvalue weighted by Crippen LogP contribution is -2.00. The molecule has 0 rings (SSSR count). The predicted molar refractivity (Wildman–Crippen MR) is 91.4 cm³/mol. The molecule has 2 heteroatoms. The molecule has 0 unspecified atom stereocenters. The van der Waals surface area contributed by atoms with Crippen LogP contribution in [0, 0.1) is 0 Å². The summed E-state index contributed by atoms with van der Waals surface area (Å²) in [4.78, 5) is 10.6. The van der Waals surface area contributed by atoms with Crippen LogP contribution < -0.4 is 0 Å². The highest BCUT2D eigenvalue weighted by Gasteiger charge is 1.95. The molecule has 0 aliphatic heterocycles. The van der Waals surface area contributed by atoms with E-state index in [0.717, 1.165) is 6.42 Å². The van der Waals surface area contributed by atoms with E-state index >= 15 is 0 Å². The van der Waals surface area contributed by atoms with Crippen LogP contribution in [0.1, 0.15) is 84.0 Å². The number of hydrogen-bond acceptors (Lipinski definition) is 2. The molecule has 0 saturated heterocycles. The van der Waals surface area contributed by atoms with Crippen LogP contribution in [0.3, 0.4) is 0 Å². The van der Waals surface area contributed by atoms with Gasteiger partial charge >= 0.3 is 5.97 Å². The zero-order valence-electron chi connectivity index (χ0n) is 13.9. The summed E-state index contributed by atoms with van der Waals surface area (Å²) in [6.45, 7) is 5.73. The molecule has 0 aromatic rings. The predicted octanol–water partition coefficient (Wildman–Crippen LogP) is 5.97. The maximum Gasteiger partial charge on any atom is 0.302 e. The van der Waals surface area contributed by atoms with Crippen molar-refractivity contribution in [3.63, 3.8) is 0 Å². The summed E-state index contributed by atoms with van der Waals surface area (Å²) in [5.41, 5.74) is 0. The Hall–Kier alpha value is -1.05. The van der Waals surface area contributed by atoms with Gasteiger partial charge in [0, 0.05) is 6.92 Å². The van der Waals surface area contributed by atoms with Crippen LogP contribution >= 0.6 is 0 Å². The average molecular weight is 294 g/mol. The molecule has 0 saturated carbocycles. The van der Waals surface area contributed by atoms with Gasteiger partial charge in [-0.25, -0.2) is 0 Å². The first-order chi connectivity index (χ1) is 10.3. The molecule has 2 nitrogen and oxygen atoms in total. The summed E-state index contributed by atoms with van der Waals surface area (Å²) in [5, 5.41) is 0. The number of carbonyl (C=O) groups is 1. The maximum atomic E-state index is 10.6. The van der Waals surface area contributed by atoms with Gasteiger partial charge in [-0.3, -0.25) is 4.79 Å². The van der Waals surface area contributed by atoms with Crippen LogP contribution in [0.5, 0.6) is 0 Å². The highest BCUT2D eigenvalue weighted by atomic mass is 16.5. The van der Waals surface area contributed by atoms with Crippen LogP contribution in [0.4, 0.5) is 0 Å². The van der Waals surface area contributed by atoms with Crippen molar-refractivity contribution < 1.29 is 9.53 Å². The second-order valence-corrected chi connectivity index (χ2v) is 5.68. The van der Waals surface area contributed by atoms with E-state index in [0.29, 0.717) is 6.61 Å². The number of allylic oxidation sites excluding steroid dienone is 3. The average Bonchev–Trinajstić information content (AvgIpc) is 2.46. The Balaban J connectivity index is 3.01. The highest BCUT2D eigenvalue weighted by Crippen LogP contribution is 2.12. The van der Waals surface area contributed by atoms with E-state index in [1.54, 1.807) is 0 Å². The summed E-state index contributed by atoms with van der Waals surface area (Å²) in [5.74, 6) is -0.160. The molecule has 0 fully saturated rings. The lowest BCUT2D eigenvalue weighted by atomic mass is 10.1. The van der Waals surface area contributed by atoms with Crippen molar-refractivity contribution in [2.45, 2.75) is 84.0 Å². The lowest BCUT2D eigenvalue weighted by Gasteiger charge is -2.03. The van der Waals surface area contributed by atoms with Crippen LogP contribution in [0.15, 0.2) is 24.8 Å².